The predicted octanol–water partition coefficient (Wildman–Crippen LogP) is 3.05. The number of hydrogen-bond donors (Lipinski definition) is 1. The van der Waals surface area contributed by atoms with Gasteiger partial charge >= 0.3 is 0 Å². The van der Waals surface area contributed by atoms with Crippen molar-refractivity contribution in [2.75, 3.05) is 33.2 Å². The molecule has 154 valence electrons. The van der Waals surface area contributed by atoms with Crippen LogP contribution in [0.25, 0.3) is 0 Å². The van der Waals surface area contributed by atoms with Crippen LogP contribution in [0.2, 0.25) is 0 Å². The highest BCUT2D eigenvalue weighted by Crippen LogP contribution is 2.09. The summed E-state index contributed by atoms with van der Waals surface area (Å²) in [6.45, 7) is 11.3. The van der Waals surface area contributed by atoms with E-state index in [1.54, 1.807) is 0 Å². The number of piperazine rings is 1. The average Bonchev–Trinajstić information content (AvgIpc) is 3.10. The van der Waals surface area contributed by atoms with Crippen molar-refractivity contribution >= 4 is 29.9 Å². The van der Waals surface area contributed by atoms with Crippen LogP contribution >= 0.6 is 24.0 Å². The lowest BCUT2D eigenvalue weighted by molar-refractivity contribution is 0.172. The first-order chi connectivity index (χ1) is 13.2. The van der Waals surface area contributed by atoms with E-state index in [1.165, 1.54) is 5.56 Å². The summed E-state index contributed by atoms with van der Waals surface area (Å²) in [6.07, 6.45) is 3.94. The molecule has 0 atom stereocenters. The van der Waals surface area contributed by atoms with E-state index in [2.05, 4.69) is 80.0 Å². The van der Waals surface area contributed by atoms with Gasteiger partial charge in [-0.05, 0) is 11.5 Å². The SMILES string of the molecule is CN=C(NCc1nccn1CC(C)C)N1CCN(Cc2ccccc2)CC1.I. The Morgan fingerprint density at radius 1 is 1.14 bits per heavy atom. The predicted molar refractivity (Wildman–Crippen MR) is 126 cm³/mol. The Bertz CT molecular complexity index is 720. The second-order valence-electron chi connectivity index (χ2n) is 7.54. The summed E-state index contributed by atoms with van der Waals surface area (Å²) in [4.78, 5) is 13.8. The minimum Gasteiger partial charge on any atom is -0.349 e. The molecule has 0 saturated carbocycles. The van der Waals surface area contributed by atoms with Crippen LogP contribution < -0.4 is 5.32 Å². The highest BCUT2D eigenvalue weighted by molar-refractivity contribution is 14.0. The minimum absolute atomic E-state index is 0. The first-order valence-corrected chi connectivity index (χ1v) is 9.87. The van der Waals surface area contributed by atoms with Crippen molar-refractivity contribution in [3.8, 4) is 0 Å². The van der Waals surface area contributed by atoms with Crippen LogP contribution in [-0.2, 0) is 19.6 Å². The van der Waals surface area contributed by atoms with Crippen molar-refractivity contribution in [3.63, 3.8) is 0 Å². The fourth-order valence-corrected chi connectivity index (χ4v) is 3.52. The monoisotopic (exact) mass is 496 g/mol. The van der Waals surface area contributed by atoms with Crippen molar-refractivity contribution < 1.29 is 0 Å². The molecular weight excluding hydrogens is 463 g/mol. The second kappa shape index (κ2) is 11.4. The van der Waals surface area contributed by atoms with Crippen molar-refractivity contribution in [1.29, 1.82) is 0 Å². The van der Waals surface area contributed by atoms with Gasteiger partial charge in [-0.3, -0.25) is 9.89 Å². The average molecular weight is 496 g/mol. The molecule has 28 heavy (non-hydrogen) atoms. The molecule has 1 aromatic heterocycles. The molecule has 2 heterocycles. The molecule has 0 unspecified atom stereocenters. The highest BCUT2D eigenvalue weighted by atomic mass is 127. The molecule has 3 rings (SSSR count). The Balaban J connectivity index is 0.00000280. The Hall–Kier alpha value is -1.61. The van der Waals surface area contributed by atoms with Crippen LogP contribution in [0.5, 0.6) is 0 Å². The highest BCUT2D eigenvalue weighted by Gasteiger charge is 2.20. The molecule has 1 aliphatic heterocycles. The van der Waals surface area contributed by atoms with Gasteiger partial charge in [-0.25, -0.2) is 4.98 Å². The van der Waals surface area contributed by atoms with Crippen molar-refractivity contribution in [2.24, 2.45) is 10.9 Å². The summed E-state index contributed by atoms with van der Waals surface area (Å²) in [7, 11) is 1.86. The van der Waals surface area contributed by atoms with Crippen molar-refractivity contribution in [2.45, 2.75) is 33.5 Å². The Labute approximate surface area is 186 Å². The number of hydrogen-bond acceptors (Lipinski definition) is 3. The van der Waals surface area contributed by atoms with Crippen LogP contribution in [0.15, 0.2) is 47.7 Å². The van der Waals surface area contributed by atoms with Crippen LogP contribution in [0.4, 0.5) is 0 Å². The van der Waals surface area contributed by atoms with Crippen LogP contribution in [0, 0.1) is 5.92 Å². The van der Waals surface area contributed by atoms with E-state index in [0.29, 0.717) is 12.5 Å². The fraction of sp³-hybridized carbons (Fsp3) is 0.524. The lowest BCUT2D eigenvalue weighted by Crippen LogP contribution is -2.52. The quantitative estimate of drug-likeness (QED) is 0.380. The Morgan fingerprint density at radius 3 is 2.50 bits per heavy atom. The number of nitrogens with zero attached hydrogens (tertiary/aromatic N) is 5. The molecule has 1 N–H and O–H groups in total. The van der Waals surface area contributed by atoms with Gasteiger partial charge in [-0.15, -0.1) is 24.0 Å². The molecule has 0 radical (unpaired) electrons. The van der Waals surface area contributed by atoms with E-state index in [9.17, 15) is 0 Å². The van der Waals surface area contributed by atoms with Gasteiger partial charge in [0.05, 0.1) is 6.54 Å². The third-order valence-electron chi connectivity index (χ3n) is 4.90. The zero-order valence-electron chi connectivity index (χ0n) is 17.2. The van der Waals surface area contributed by atoms with Gasteiger partial charge in [0.25, 0.3) is 0 Å². The number of imidazole rings is 1. The number of nitrogens with one attached hydrogen (secondary N) is 1. The smallest absolute Gasteiger partial charge is 0.194 e. The van der Waals surface area contributed by atoms with Crippen LogP contribution in [0.1, 0.15) is 25.2 Å². The lowest BCUT2D eigenvalue weighted by atomic mass is 10.2. The van der Waals surface area contributed by atoms with Gasteiger partial charge in [-0.1, -0.05) is 44.2 Å². The largest absolute Gasteiger partial charge is 0.349 e. The van der Waals surface area contributed by atoms with Gasteiger partial charge in [0.2, 0.25) is 0 Å². The Kier molecular flexibility index (Phi) is 9.24. The van der Waals surface area contributed by atoms with E-state index in [1.807, 2.05) is 13.2 Å². The number of guanidine groups is 1. The van der Waals surface area contributed by atoms with Gasteiger partial charge in [0, 0.05) is 58.7 Å². The molecule has 0 amide bonds. The van der Waals surface area contributed by atoms with Crippen LogP contribution in [-0.4, -0.2) is 58.5 Å². The number of aromatic nitrogens is 2. The molecule has 6 nitrogen and oxygen atoms in total. The van der Waals surface area contributed by atoms with E-state index in [4.69, 9.17) is 0 Å². The minimum atomic E-state index is 0. The summed E-state index contributed by atoms with van der Waals surface area (Å²) >= 11 is 0. The molecular formula is C21H33IN6. The van der Waals surface area contributed by atoms with Gasteiger partial charge < -0.3 is 14.8 Å². The zero-order valence-corrected chi connectivity index (χ0v) is 19.5. The molecule has 1 aliphatic rings. The number of rotatable bonds is 6. The summed E-state index contributed by atoms with van der Waals surface area (Å²) in [5, 5.41) is 3.49. The number of benzene rings is 1. The summed E-state index contributed by atoms with van der Waals surface area (Å²) in [5.74, 6) is 2.64. The molecule has 0 aliphatic carbocycles. The van der Waals surface area contributed by atoms with Gasteiger partial charge in [0.15, 0.2) is 5.96 Å². The van der Waals surface area contributed by atoms with E-state index < -0.39 is 0 Å². The molecule has 0 bridgehead atoms. The first kappa shape index (κ1) is 22.7. The molecule has 2 aromatic rings. The maximum Gasteiger partial charge on any atom is 0.194 e. The molecule has 7 heteroatoms. The van der Waals surface area contributed by atoms with Crippen LogP contribution in [0.3, 0.4) is 0 Å². The molecule has 1 aromatic carbocycles. The fourth-order valence-electron chi connectivity index (χ4n) is 3.52. The normalized spacial score (nSPS) is 15.6. The standard InChI is InChI=1S/C21H32N6.HI/c1-18(2)16-27-10-9-23-20(27)15-24-21(22-3)26-13-11-25(12-14-26)17-19-7-5-4-6-8-19;/h4-10,18H,11-17H2,1-3H3,(H,22,24);1H. The molecule has 1 saturated heterocycles. The number of aliphatic imine (C=N–C) groups is 1. The van der Waals surface area contributed by atoms with E-state index >= 15 is 0 Å². The third kappa shape index (κ3) is 6.48. The van der Waals surface area contributed by atoms with Crippen molar-refractivity contribution in [1.82, 2.24) is 24.7 Å². The van der Waals surface area contributed by atoms with E-state index in [0.717, 1.165) is 51.1 Å². The third-order valence-corrected chi connectivity index (χ3v) is 4.90. The van der Waals surface area contributed by atoms with E-state index in [-0.39, 0.29) is 24.0 Å². The summed E-state index contributed by atoms with van der Waals surface area (Å²) in [6, 6.07) is 10.7. The van der Waals surface area contributed by atoms with Gasteiger partial charge in [-0.2, -0.15) is 0 Å². The maximum atomic E-state index is 4.50. The van der Waals surface area contributed by atoms with Crippen molar-refractivity contribution in [3.05, 3.63) is 54.1 Å². The maximum absolute atomic E-state index is 4.50. The zero-order chi connectivity index (χ0) is 19.1. The molecule has 1 fully saturated rings. The summed E-state index contributed by atoms with van der Waals surface area (Å²) in [5.41, 5.74) is 1.38. The first-order valence-electron chi connectivity index (χ1n) is 9.87. The Morgan fingerprint density at radius 2 is 1.86 bits per heavy atom. The lowest BCUT2D eigenvalue weighted by Gasteiger charge is -2.36. The molecule has 0 spiro atoms. The summed E-state index contributed by atoms with van der Waals surface area (Å²) < 4.78 is 2.22. The number of halogens is 1. The van der Waals surface area contributed by atoms with Gasteiger partial charge in [0.1, 0.15) is 5.82 Å². The second-order valence-corrected chi connectivity index (χ2v) is 7.54. The topological polar surface area (TPSA) is 48.7 Å².